The smallest absolute Gasteiger partial charge is 0.260 e. The monoisotopic (exact) mass is 395 g/mol. The van der Waals surface area contributed by atoms with E-state index in [1.165, 1.54) is 6.39 Å². The molecule has 4 rings (SSSR count). The van der Waals surface area contributed by atoms with Crippen LogP contribution in [0.1, 0.15) is 12.5 Å². The molecule has 0 radical (unpaired) electrons. The summed E-state index contributed by atoms with van der Waals surface area (Å²) in [5.74, 6) is 2.39. The summed E-state index contributed by atoms with van der Waals surface area (Å²) >= 11 is 0. The number of aromatic nitrogens is 2. The Morgan fingerprint density at radius 3 is 2.62 bits per heavy atom. The van der Waals surface area contributed by atoms with Crippen LogP contribution in [0, 0.1) is 0 Å². The summed E-state index contributed by atoms with van der Waals surface area (Å²) < 4.78 is 22.0. The van der Waals surface area contributed by atoms with Crippen molar-refractivity contribution in [2.24, 2.45) is 0 Å². The fraction of sp³-hybridized carbons (Fsp3) is 0.286. The molecular formula is C21H21N3O5. The minimum absolute atomic E-state index is 0.0434. The summed E-state index contributed by atoms with van der Waals surface area (Å²) in [6.45, 7) is 4.04. The Kier molecular flexibility index (Phi) is 5.60. The Morgan fingerprint density at radius 2 is 1.90 bits per heavy atom. The lowest BCUT2D eigenvalue weighted by atomic mass is 10.1. The van der Waals surface area contributed by atoms with Crippen LogP contribution in [-0.2, 0) is 11.3 Å². The van der Waals surface area contributed by atoms with Gasteiger partial charge in [-0.2, -0.15) is 0 Å². The van der Waals surface area contributed by atoms with Crippen molar-refractivity contribution in [1.29, 1.82) is 0 Å². The third kappa shape index (κ3) is 4.48. The zero-order valence-corrected chi connectivity index (χ0v) is 16.0. The zero-order valence-electron chi connectivity index (χ0n) is 16.0. The number of benzene rings is 2. The summed E-state index contributed by atoms with van der Waals surface area (Å²) in [7, 11) is 0. The van der Waals surface area contributed by atoms with Gasteiger partial charge in [-0.1, -0.05) is 6.07 Å². The molecule has 0 saturated heterocycles. The van der Waals surface area contributed by atoms with Gasteiger partial charge in [0.15, 0.2) is 18.1 Å². The minimum atomic E-state index is -0.0941. The third-order valence-electron chi connectivity index (χ3n) is 4.54. The highest BCUT2D eigenvalue weighted by molar-refractivity contribution is 5.77. The molecule has 8 heteroatoms. The largest absolute Gasteiger partial charge is 0.486 e. The highest BCUT2D eigenvalue weighted by Gasteiger charge is 2.16. The number of likely N-dealkylation sites (N-methyl/N-ethyl adjacent to an activating group) is 1. The minimum Gasteiger partial charge on any atom is -0.486 e. The van der Waals surface area contributed by atoms with E-state index in [0.29, 0.717) is 37.9 Å². The summed E-state index contributed by atoms with van der Waals surface area (Å²) in [6, 6.07) is 12.9. The van der Waals surface area contributed by atoms with E-state index in [9.17, 15) is 4.79 Å². The van der Waals surface area contributed by atoms with E-state index in [-0.39, 0.29) is 12.5 Å². The number of carbonyl (C=O) groups is 1. The summed E-state index contributed by atoms with van der Waals surface area (Å²) in [6.07, 6.45) is 1.28. The van der Waals surface area contributed by atoms with Crippen molar-refractivity contribution >= 4 is 5.91 Å². The molecule has 0 saturated carbocycles. The second kappa shape index (κ2) is 8.64. The maximum absolute atomic E-state index is 12.6. The van der Waals surface area contributed by atoms with Crippen LogP contribution in [0.5, 0.6) is 17.2 Å². The van der Waals surface area contributed by atoms with Crippen LogP contribution in [0.2, 0.25) is 0 Å². The number of nitrogens with zero attached hydrogens (tertiary/aromatic N) is 3. The fourth-order valence-electron chi connectivity index (χ4n) is 3.01. The lowest BCUT2D eigenvalue weighted by Gasteiger charge is -2.23. The van der Waals surface area contributed by atoms with Gasteiger partial charge in [0.1, 0.15) is 19.0 Å². The van der Waals surface area contributed by atoms with E-state index in [0.717, 1.165) is 22.6 Å². The topological polar surface area (TPSA) is 86.9 Å². The summed E-state index contributed by atoms with van der Waals surface area (Å²) in [4.78, 5) is 14.3. The van der Waals surface area contributed by atoms with Crippen LogP contribution in [0.3, 0.4) is 0 Å². The van der Waals surface area contributed by atoms with Crippen LogP contribution < -0.4 is 14.2 Å². The molecular weight excluding hydrogens is 374 g/mol. The number of ether oxygens (including phenoxy) is 3. The van der Waals surface area contributed by atoms with Gasteiger partial charge < -0.3 is 23.5 Å². The Morgan fingerprint density at radius 1 is 1.10 bits per heavy atom. The lowest BCUT2D eigenvalue weighted by molar-refractivity contribution is -0.133. The van der Waals surface area contributed by atoms with Gasteiger partial charge in [0.2, 0.25) is 12.3 Å². The first-order valence-electron chi connectivity index (χ1n) is 9.38. The zero-order chi connectivity index (χ0) is 20.1. The maximum Gasteiger partial charge on any atom is 0.260 e. The van der Waals surface area contributed by atoms with Gasteiger partial charge in [-0.15, -0.1) is 10.2 Å². The molecule has 0 fully saturated rings. The van der Waals surface area contributed by atoms with Crippen molar-refractivity contribution in [1.82, 2.24) is 15.1 Å². The molecule has 1 aliphatic rings. The van der Waals surface area contributed by atoms with Crippen LogP contribution in [-0.4, -0.2) is 47.4 Å². The third-order valence-corrected chi connectivity index (χ3v) is 4.54. The molecule has 2 heterocycles. The van der Waals surface area contributed by atoms with Crippen molar-refractivity contribution < 1.29 is 23.4 Å². The fourth-order valence-corrected chi connectivity index (χ4v) is 3.01. The first kappa shape index (κ1) is 18.8. The van der Waals surface area contributed by atoms with E-state index in [1.807, 2.05) is 25.1 Å². The molecule has 150 valence electrons. The number of hydrogen-bond acceptors (Lipinski definition) is 7. The molecule has 0 spiro atoms. The molecule has 29 heavy (non-hydrogen) atoms. The molecule has 8 nitrogen and oxygen atoms in total. The number of hydrogen-bond donors (Lipinski definition) is 0. The predicted octanol–water partition coefficient (Wildman–Crippen LogP) is 2.94. The number of fused-ring (bicyclic) bond motifs is 1. The normalized spacial score (nSPS) is 12.4. The van der Waals surface area contributed by atoms with Crippen LogP contribution in [0.25, 0.3) is 11.5 Å². The highest BCUT2D eigenvalue weighted by Crippen LogP contribution is 2.31. The Balaban J connectivity index is 1.34. The predicted molar refractivity (Wildman–Crippen MR) is 104 cm³/mol. The number of amides is 1. The van der Waals surface area contributed by atoms with Crippen molar-refractivity contribution in [2.45, 2.75) is 13.5 Å². The van der Waals surface area contributed by atoms with Crippen LogP contribution in [0.15, 0.2) is 53.3 Å². The van der Waals surface area contributed by atoms with Crippen molar-refractivity contribution in [3.05, 3.63) is 54.4 Å². The van der Waals surface area contributed by atoms with Crippen LogP contribution in [0.4, 0.5) is 0 Å². The van der Waals surface area contributed by atoms with Crippen molar-refractivity contribution in [3.63, 3.8) is 0 Å². The van der Waals surface area contributed by atoms with Gasteiger partial charge in [-0.25, -0.2) is 0 Å². The maximum atomic E-state index is 12.6. The molecule has 3 aromatic rings. The van der Waals surface area contributed by atoms with Gasteiger partial charge in [0.25, 0.3) is 5.91 Å². The molecule has 1 aliphatic heterocycles. The van der Waals surface area contributed by atoms with Gasteiger partial charge >= 0.3 is 0 Å². The number of carbonyl (C=O) groups excluding carboxylic acids is 1. The van der Waals surface area contributed by atoms with Crippen molar-refractivity contribution in [3.8, 4) is 28.7 Å². The Labute approximate surface area is 168 Å². The first-order chi connectivity index (χ1) is 14.2. The van der Waals surface area contributed by atoms with Crippen molar-refractivity contribution in [2.75, 3.05) is 26.4 Å². The summed E-state index contributed by atoms with van der Waals surface area (Å²) in [5, 5.41) is 7.51. The molecule has 0 atom stereocenters. The molecule has 0 aliphatic carbocycles. The SMILES string of the molecule is CCN(Cc1ccc2c(c1)OCCO2)C(=O)COc1ccc(-c2nnco2)cc1. The Hall–Kier alpha value is -3.55. The summed E-state index contributed by atoms with van der Waals surface area (Å²) in [5.41, 5.74) is 1.77. The second-order valence-corrected chi connectivity index (χ2v) is 6.44. The van der Waals surface area contributed by atoms with Gasteiger partial charge in [-0.3, -0.25) is 4.79 Å². The van der Waals surface area contributed by atoms with Gasteiger partial charge in [0, 0.05) is 18.7 Å². The van der Waals surface area contributed by atoms with E-state index < -0.39 is 0 Å². The molecule has 1 aromatic heterocycles. The highest BCUT2D eigenvalue weighted by atomic mass is 16.6. The van der Waals surface area contributed by atoms with E-state index in [4.69, 9.17) is 18.6 Å². The molecule has 0 N–H and O–H groups in total. The molecule has 2 aromatic carbocycles. The van der Waals surface area contributed by atoms with E-state index >= 15 is 0 Å². The first-order valence-corrected chi connectivity index (χ1v) is 9.38. The average molecular weight is 395 g/mol. The molecule has 0 bridgehead atoms. The van der Waals surface area contributed by atoms with Crippen LogP contribution >= 0.6 is 0 Å². The van der Waals surface area contributed by atoms with E-state index in [2.05, 4.69) is 10.2 Å². The standard InChI is InChI=1S/C21H21N3O5/c1-2-24(12-15-3-8-18-19(11-15)27-10-9-26-18)20(25)13-28-17-6-4-16(5-7-17)21-23-22-14-29-21/h3-8,11,14H,2,9-10,12-13H2,1H3. The quantitative estimate of drug-likeness (QED) is 0.608. The van der Waals surface area contributed by atoms with Gasteiger partial charge in [0.05, 0.1) is 0 Å². The second-order valence-electron chi connectivity index (χ2n) is 6.44. The van der Waals surface area contributed by atoms with Gasteiger partial charge in [-0.05, 0) is 48.9 Å². The number of rotatable bonds is 7. The lowest BCUT2D eigenvalue weighted by Crippen LogP contribution is -2.34. The molecule has 1 amide bonds. The molecule has 0 unspecified atom stereocenters. The Bertz CT molecular complexity index is 957. The van der Waals surface area contributed by atoms with E-state index in [1.54, 1.807) is 29.2 Å². The average Bonchev–Trinajstić information content (AvgIpc) is 3.31.